The highest BCUT2D eigenvalue weighted by molar-refractivity contribution is 7.09. The number of amides is 1. The summed E-state index contributed by atoms with van der Waals surface area (Å²) in [7, 11) is 0. The first-order valence-electron chi connectivity index (χ1n) is 6.42. The van der Waals surface area contributed by atoms with E-state index in [1.807, 2.05) is 13.0 Å². The predicted molar refractivity (Wildman–Crippen MR) is 79.7 cm³/mol. The molecule has 21 heavy (non-hydrogen) atoms. The number of aryl methyl sites for hydroxylation is 1. The molecule has 0 aliphatic rings. The third-order valence-electron chi connectivity index (χ3n) is 3.07. The second-order valence-electron chi connectivity index (χ2n) is 4.53. The van der Waals surface area contributed by atoms with E-state index in [0.29, 0.717) is 24.4 Å². The Balaban J connectivity index is 1.65. The molecule has 0 radical (unpaired) electrons. The maximum absolute atomic E-state index is 12.1. The summed E-state index contributed by atoms with van der Waals surface area (Å²) >= 11 is 1.43. The van der Waals surface area contributed by atoms with Gasteiger partial charge in [-0.15, -0.1) is 11.3 Å². The van der Waals surface area contributed by atoms with Gasteiger partial charge in [-0.05, 0) is 19.1 Å². The highest BCUT2D eigenvalue weighted by Crippen LogP contribution is 2.09. The second-order valence-corrected chi connectivity index (χ2v) is 5.59. The van der Waals surface area contributed by atoms with E-state index in [-0.39, 0.29) is 11.5 Å². The van der Waals surface area contributed by atoms with E-state index in [1.165, 1.54) is 22.2 Å². The van der Waals surface area contributed by atoms with Gasteiger partial charge in [0.25, 0.3) is 11.5 Å². The summed E-state index contributed by atoms with van der Waals surface area (Å²) in [6.45, 7) is 2.57. The molecule has 0 aliphatic carbocycles. The molecule has 0 saturated heterocycles. The van der Waals surface area contributed by atoms with Gasteiger partial charge >= 0.3 is 0 Å². The van der Waals surface area contributed by atoms with Crippen molar-refractivity contribution >= 4 is 28.2 Å². The zero-order valence-electron chi connectivity index (χ0n) is 11.3. The molecule has 0 saturated carbocycles. The number of carbonyl (C=O) groups is 1. The number of fused-ring (bicyclic) bond motifs is 1. The topological polar surface area (TPSA) is 77.1 Å². The molecule has 6 nitrogen and oxygen atoms in total. The van der Waals surface area contributed by atoms with Crippen molar-refractivity contribution in [3.63, 3.8) is 0 Å². The number of aromatic nitrogens is 2. The molecule has 0 unspecified atom stereocenters. The van der Waals surface area contributed by atoms with Crippen LogP contribution in [0.15, 0.2) is 39.2 Å². The Morgan fingerprint density at radius 3 is 3.10 bits per heavy atom. The SMILES string of the molecule is Cc1nc(C(=O)NCCn2ccc3ccoc3c2=O)cs1. The molecule has 0 fully saturated rings. The van der Waals surface area contributed by atoms with Gasteiger partial charge in [-0.25, -0.2) is 4.98 Å². The maximum atomic E-state index is 12.1. The van der Waals surface area contributed by atoms with Crippen LogP contribution in [0.4, 0.5) is 0 Å². The number of thiazole rings is 1. The summed E-state index contributed by atoms with van der Waals surface area (Å²) < 4.78 is 6.67. The van der Waals surface area contributed by atoms with Crippen molar-refractivity contribution in [2.45, 2.75) is 13.5 Å². The molecule has 108 valence electrons. The van der Waals surface area contributed by atoms with Crippen molar-refractivity contribution in [3.8, 4) is 0 Å². The maximum Gasteiger partial charge on any atom is 0.294 e. The number of rotatable bonds is 4. The lowest BCUT2D eigenvalue weighted by Gasteiger charge is -2.06. The van der Waals surface area contributed by atoms with Crippen LogP contribution in [0, 0.1) is 6.92 Å². The molecule has 1 amide bonds. The van der Waals surface area contributed by atoms with Crippen molar-refractivity contribution in [1.82, 2.24) is 14.9 Å². The number of nitrogens with zero attached hydrogens (tertiary/aromatic N) is 2. The molecule has 3 heterocycles. The molecule has 0 bridgehead atoms. The predicted octanol–water partition coefficient (Wildman–Crippen LogP) is 1.79. The standard InChI is InChI=1S/C14H13N3O3S/c1-9-16-11(8-21-9)13(18)15-4-6-17-5-2-10-3-7-20-12(10)14(17)19/h2-3,5,7-8H,4,6H2,1H3,(H,15,18). The number of hydrogen-bond donors (Lipinski definition) is 1. The molecule has 1 N–H and O–H groups in total. The fourth-order valence-corrected chi connectivity index (χ4v) is 2.61. The second kappa shape index (κ2) is 5.53. The minimum absolute atomic E-state index is 0.198. The Kier molecular flexibility index (Phi) is 3.57. The number of furan rings is 1. The van der Waals surface area contributed by atoms with Crippen LogP contribution >= 0.6 is 11.3 Å². The third kappa shape index (κ3) is 2.73. The highest BCUT2D eigenvalue weighted by Gasteiger charge is 2.09. The number of pyridine rings is 1. The lowest BCUT2D eigenvalue weighted by Crippen LogP contribution is -2.30. The fraction of sp³-hybridized carbons (Fsp3) is 0.214. The van der Waals surface area contributed by atoms with Gasteiger partial charge < -0.3 is 14.3 Å². The quantitative estimate of drug-likeness (QED) is 0.797. The Labute approximate surface area is 124 Å². The summed E-state index contributed by atoms with van der Waals surface area (Å²) in [4.78, 5) is 28.0. The minimum Gasteiger partial charge on any atom is -0.459 e. The van der Waals surface area contributed by atoms with Crippen LogP contribution in [0.2, 0.25) is 0 Å². The summed E-state index contributed by atoms with van der Waals surface area (Å²) in [5, 5.41) is 6.08. The van der Waals surface area contributed by atoms with Crippen LogP contribution in [0.25, 0.3) is 11.0 Å². The number of hydrogen-bond acceptors (Lipinski definition) is 5. The molecule has 0 spiro atoms. The van der Waals surface area contributed by atoms with Gasteiger partial charge in [0, 0.05) is 30.1 Å². The van der Waals surface area contributed by atoms with Crippen molar-refractivity contribution in [3.05, 3.63) is 51.0 Å². The molecule has 3 rings (SSSR count). The highest BCUT2D eigenvalue weighted by atomic mass is 32.1. The molecule has 0 aromatic carbocycles. The first kappa shape index (κ1) is 13.6. The monoisotopic (exact) mass is 303 g/mol. The molecular formula is C14H13N3O3S. The van der Waals surface area contributed by atoms with Gasteiger partial charge in [-0.2, -0.15) is 0 Å². The lowest BCUT2D eigenvalue weighted by atomic mass is 10.3. The lowest BCUT2D eigenvalue weighted by molar-refractivity contribution is 0.0948. The smallest absolute Gasteiger partial charge is 0.294 e. The first-order chi connectivity index (χ1) is 10.1. The first-order valence-corrected chi connectivity index (χ1v) is 7.30. The molecule has 7 heteroatoms. The van der Waals surface area contributed by atoms with Gasteiger partial charge in [0.2, 0.25) is 0 Å². The van der Waals surface area contributed by atoms with Crippen molar-refractivity contribution in [1.29, 1.82) is 0 Å². The summed E-state index contributed by atoms with van der Waals surface area (Å²) in [5.41, 5.74) is 0.543. The molecule has 0 atom stereocenters. The van der Waals surface area contributed by atoms with Crippen molar-refractivity contribution < 1.29 is 9.21 Å². The van der Waals surface area contributed by atoms with E-state index < -0.39 is 0 Å². The van der Waals surface area contributed by atoms with E-state index in [9.17, 15) is 9.59 Å². The Morgan fingerprint density at radius 1 is 1.48 bits per heavy atom. The summed E-state index contributed by atoms with van der Waals surface area (Å²) in [5.74, 6) is -0.230. The van der Waals surface area contributed by atoms with E-state index in [1.54, 1.807) is 17.6 Å². The summed E-state index contributed by atoms with van der Waals surface area (Å²) in [6.07, 6.45) is 3.18. The average Bonchev–Trinajstić information content (AvgIpc) is 3.10. The van der Waals surface area contributed by atoms with E-state index in [0.717, 1.165) is 10.4 Å². The zero-order valence-corrected chi connectivity index (χ0v) is 12.1. The van der Waals surface area contributed by atoms with Crippen LogP contribution < -0.4 is 10.9 Å². The molecular weight excluding hydrogens is 290 g/mol. The van der Waals surface area contributed by atoms with E-state index in [2.05, 4.69) is 10.3 Å². The average molecular weight is 303 g/mol. The number of nitrogens with one attached hydrogen (secondary N) is 1. The van der Waals surface area contributed by atoms with Gasteiger partial charge in [-0.1, -0.05) is 0 Å². The van der Waals surface area contributed by atoms with Gasteiger partial charge in [0.05, 0.1) is 11.3 Å². The molecule has 3 aromatic heterocycles. The van der Waals surface area contributed by atoms with Gasteiger partial charge in [-0.3, -0.25) is 9.59 Å². The summed E-state index contributed by atoms with van der Waals surface area (Å²) in [6, 6.07) is 3.55. The normalized spacial score (nSPS) is 10.9. The van der Waals surface area contributed by atoms with Gasteiger partial charge in [0.15, 0.2) is 5.58 Å². The van der Waals surface area contributed by atoms with Crippen LogP contribution in [-0.2, 0) is 6.54 Å². The van der Waals surface area contributed by atoms with E-state index >= 15 is 0 Å². The van der Waals surface area contributed by atoms with Crippen LogP contribution in [0.5, 0.6) is 0 Å². The van der Waals surface area contributed by atoms with Crippen molar-refractivity contribution in [2.75, 3.05) is 6.54 Å². The fourth-order valence-electron chi connectivity index (χ4n) is 2.02. The minimum atomic E-state index is -0.230. The zero-order chi connectivity index (χ0) is 14.8. The Morgan fingerprint density at radius 2 is 2.33 bits per heavy atom. The Hall–Kier alpha value is -2.41. The molecule has 3 aromatic rings. The van der Waals surface area contributed by atoms with E-state index in [4.69, 9.17) is 4.42 Å². The van der Waals surface area contributed by atoms with Crippen LogP contribution in [0.1, 0.15) is 15.5 Å². The van der Waals surface area contributed by atoms with Crippen LogP contribution in [-0.4, -0.2) is 22.0 Å². The number of carbonyl (C=O) groups excluding carboxylic acids is 1. The van der Waals surface area contributed by atoms with Gasteiger partial charge in [0.1, 0.15) is 5.69 Å². The third-order valence-corrected chi connectivity index (χ3v) is 3.85. The Bertz CT molecular complexity index is 846. The largest absolute Gasteiger partial charge is 0.459 e. The van der Waals surface area contributed by atoms with Crippen LogP contribution in [0.3, 0.4) is 0 Å². The molecule has 0 aliphatic heterocycles. The van der Waals surface area contributed by atoms with Crippen molar-refractivity contribution in [2.24, 2.45) is 0 Å².